The summed E-state index contributed by atoms with van der Waals surface area (Å²) in [4.78, 5) is 37.0. The van der Waals surface area contributed by atoms with Gasteiger partial charge < -0.3 is 14.8 Å². The number of carbonyl (C=O) groups is 2. The Kier molecular flexibility index (Phi) is 9.08. The van der Waals surface area contributed by atoms with E-state index >= 15 is 0 Å². The van der Waals surface area contributed by atoms with Crippen molar-refractivity contribution in [1.29, 1.82) is 0 Å². The number of anilines is 1. The van der Waals surface area contributed by atoms with Crippen LogP contribution in [0.3, 0.4) is 0 Å². The van der Waals surface area contributed by atoms with Gasteiger partial charge in [0.1, 0.15) is 22.9 Å². The third kappa shape index (κ3) is 7.00. The third-order valence-electron chi connectivity index (χ3n) is 6.00. The van der Waals surface area contributed by atoms with Crippen LogP contribution in [0.5, 0.6) is 5.75 Å². The van der Waals surface area contributed by atoms with Crippen LogP contribution in [0.1, 0.15) is 38.8 Å². The fourth-order valence-corrected chi connectivity index (χ4v) is 5.05. The number of non-ortho nitro benzene ring substituents is 1. The number of benzene rings is 3. The molecule has 0 fully saturated rings. The van der Waals surface area contributed by atoms with Crippen LogP contribution in [0.4, 0.5) is 10.7 Å². The third-order valence-corrected chi connectivity index (χ3v) is 7.02. The Hall–Kier alpha value is -4.76. The molecular formula is C31H28N2O6S. The molecule has 1 aromatic heterocycles. The van der Waals surface area contributed by atoms with Gasteiger partial charge in [-0.15, -0.1) is 11.3 Å². The Labute approximate surface area is 236 Å². The van der Waals surface area contributed by atoms with Crippen LogP contribution in [0.2, 0.25) is 0 Å². The largest absolute Gasteiger partial charge is 0.489 e. The molecule has 0 bridgehead atoms. The van der Waals surface area contributed by atoms with E-state index in [0.717, 1.165) is 16.0 Å². The van der Waals surface area contributed by atoms with E-state index in [1.807, 2.05) is 62.4 Å². The van der Waals surface area contributed by atoms with Gasteiger partial charge in [-0.25, -0.2) is 4.79 Å². The fourth-order valence-electron chi connectivity index (χ4n) is 3.98. The molecule has 1 amide bonds. The zero-order chi connectivity index (χ0) is 28.6. The quantitative estimate of drug-likeness (QED) is 0.0947. The van der Waals surface area contributed by atoms with Crippen molar-refractivity contribution in [3.05, 3.63) is 116 Å². The van der Waals surface area contributed by atoms with Gasteiger partial charge in [0.05, 0.1) is 11.5 Å². The van der Waals surface area contributed by atoms with Crippen LogP contribution in [0, 0.1) is 24.0 Å². The number of nitro groups is 1. The minimum Gasteiger partial charge on any atom is -0.489 e. The molecule has 0 aliphatic carbocycles. The van der Waals surface area contributed by atoms with Gasteiger partial charge in [0.15, 0.2) is 0 Å². The van der Waals surface area contributed by atoms with Gasteiger partial charge in [0.25, 0.3) is 5.69 Å². The number of nitrogens with zero attached hydrogens (tertiary/aromatic N) is 1. The minimum absolute atomic E-state index is 0.0566. The molecule has 1 heterocycles. The molecule has 40 heavy (non-hydrogen) atoms. The van der Waals surface area contributed by atoms with Crippen molar-refractivity contribution in [2.75, 3.05) is 11.9 Å². The summed E-state index contributed by atoms with van der Waals surface area (Å²) in [5, 5.41) is 14.2. The van der Waals surface area contributed by atoms with Crippen molar-refractivity contribution >= 4 is 40.0 Å². The average Bonchev–Trinajstić information content (AvgIpc) is 3.27. The number of nitro benzene ring substituents is 1. The SMILES string of the molecule is CCOC(=O)c1c(NC(=O)/C=C/c2ccc(OCc3ccc(C)cc3)cc2)sc(C)c1-c1ccc([N+](=O)[O-])cc1. The predicted octanol–water partition coefficient (Wildman–Crippen LogP) is 7.35. The average molecular weight is 557 g/mol. The van der Waals surface area contributed by atoms with E-state index in [1.54, 1.807) is 25.1 Å². The molecule has 0 radical (unpaired) electrons. The lowest BCUT2D eigenvalue weighted by atomic mass is 10.0. The first-order valence-electron chi connectivity index (χ1n) is 12.6. The Balaban J connectivity index is 1.47. The summed E-state index contributed by atoms with van der Waals surface area (Å²) in [7, 11) is 0. The lowest BCUT2D eigenvalue weighted by Crippen LogP contribution is -2.12. The van der Waals surface area contributed by atoms with Crippen molar-refractivity contribution in [2.45, 2.75) is 27.4 Å². The Morgan fingerprint density at radius 1 is 0.975 bits per heavy atom. The van der Waals surface area contributed by atoms with Crippen LogP contribution in [0.15, 0.2) is 78.9 Å². The van der Waals surface area contributed by atoms with E-state index in [1.165, 1.54) is 35.1 Å². The lowest BCUT2D eigenvalue weighted by molar-refractivity contribution is -0.384. The molecule has 0 unspecified atom stereocenters. The number of thiophene rings is 1. The van der Waals surface area contributed by atoms with Gasteiger partial charge in [-0.1, -0.05) is 42.0 Å². The lowest BCUT2D eigenvalue weighted by Gasteiger charge is -2.08. The molecule has 0 aliphatic rings. The van der Waals surface area contributed by atoms with Crippen molar-refractivity contribution in [1.82, 2.24) is 0 Å². The van der Waals surface area contributed by atoms with Crippen molar-refractivity contribution in [3.63, 3.8) is 0 Å². The van der Waals surface area contributed by atoms with E-state index < -0.39 is 16.8 Å². The number of ether oxygens (including phenoxy) is 2. The number of carbonyl (C=O) groups excluding carboxylic acids is 2. The highest BCUT2D eigenvalue weighted by Crippen LogP contribution is 2.41. The molecule has 0 atom stereocenters. The molecule has 0 saturated heterocycles. The maximum atomic E-state index is 12.9. The molecule has 3 aromatic carbocycles. The van der Waals surface area contributed by atoms with Crippen LogP contribution in [-0.2, 0) is 16.1 Å². The van der Waals surface area contributed by atoms with E-state index in [4.69, 9.17) is 9.47 Å². The highest BCUT2D eigenvalue weighted by Gasteiger charge is 2.25. The number of hydrogen-bond donors (Lipinski definition) is 1. The number of esters is 1. The van der Waals surface area contributed by atoms with Gasteiger partial charge in [0, 0.05) is 28.6 Å². The number of hydrogen-bond acceptors (Lipinski definition) is 7. The molecular weight excluding hydrogens is 528 g/mol. The maximum absolute atomic E-state index is 12.9. The van der Waals surface area contributed by atoms with E-state index in [-0.39, 0.29) is 17.9 Å². The Bertz CT molecular complexity index is 1540. The van der Waals surface area contributed by atoms with Crippen molar-refractivity contribution < 1.29 is 24.0 Å². The first kappa shape index (κ1) is 28.3. The number of aryl methyl sites for hydroxylation is 2. The molecule has 8 nitrogen and oxygen atoms in total. The molecule has 4 aromatic rings. The Morgan fingerprint density at radius 3 is 2.27 bits per heavy atom. The standard InChI is InChI=1S/C31H28N2O6S/c1-4-38-31(35)29-28(24-12-14-25(15-13-24)33(36)37)21(3)40-30(29)32-27(34)18-11-22-9-16-26(17-10-22)39-19-23-7-5-20(2)6-8-23/h5-18H,4,19H2,1-3H3,(H,32,34)/b18-11+. The minimum atomic E-state index is -0.583. The molecule has 1 N–H and O–H groups in total. The summed E-state index contributed by atoms with van der Waals surface area (Å²) < 4.78 is 11.1. The van der Waals surface area contributed by atoms with Gasteiger partial charge in [-0.2, -0.15) is 0 Å². The molecule has 204 valence electrons. The zero-order valence-electron chi connectivity index (χ0n) is 22.3. The van der Waals surface area contributed by atoms with Crippen molar-refractivity contribution in [2.24, 2.45) is 0 Å². The van der Waals surface area contributed by atoms with Crippen LogP contribution in [-0.4, -0.2) is 23.4 Å². The molecule has 0 aliphatic heterocycles. The van der Waals surface area contributed by atoms with E-state index in [2.05, 4.69) is 5.32 Å². The monoisotopic (exact) mass is 556 g/mol. The summed E-state index contributed by atoms with van der Waals surface area (Å²) in [5.74, 6) is -0.281. The molecule has 4 rings (SSSR count). The van der Waals surface area contributed by atoms with Gasteiger partial charge >= 0.3 is 5.97 Å². The van der Waals surface area contributed by atoms with Crippen LogP contribution < -0.4 is 10.1 Å². The Morgan fingerprint density at radius 2 is 1.65 bits per heavy atom. The summed E-state index contributed by atoms with van der Waals surface area (Å²) in [6.45, 7) is 6.17. The summed E-state index contributed by atoms with van der Waals surface area (Å²) in [6.07, 6.45) is 3.05. The zero-order valence-corrected chi connectivity index (χ0v) is 23.1. The topological polar surface area (TPSA) is 108 Å². The summed E-state index contributed by atoms with van der Waals surface area (Å²) >= 11 is 1.24. The first-order chi connectivity index (χ1) is 19.2. The predicted molar refractivity (Wildman–Crippen MR) is 157 cm³/mol. The highest BCUT2D eigenvalue weighted by molar-refractivity contribution is 7.17. The van der Waals surface area contributed by atoms with E-state index in [0.29, 0.717) is 28.5 Å². The van der Waals surface area contributed by atoms with Crippen LogP contribution >= 0.6 is 11.3 Å². The first-order valence-corrected chi connectivity index (χ1v) is 13.4. The van der Waals surface area contributed by atoms with Gasteiger partial charge in [-0.3, -0.25) is 14.9 Å². The van der Waals surface area contributed by atoms with Crippen LogP contribution in [0.25, 0.3) is 17.2 Å². The second kappa shape index (κ2) is 12.9. The fraction of sp³-hybridized carbons (Fsp3) is 0.161. The smallest absolute Gasteiger partial charge is 0.341 e. The van der Waals surface area contributed by atoms with Gasteiger partial charge in [-0.05, 0) is 67.8 Å². The summed E-state index contributed by atoms with van der Waals surface area (Å²) in [5.41, 5.74) is 4.42. The molecule has 9 heteroatoms. The summed E-state index contributed by atoms with van der Waals surface area (Å²) in [6, 6.07) is 21.4. The normalized spacial score (nSPS) is 10.9. The van der Waals surface area contributed by atoms with Gasteiger partial charge in [0.2, 0.25) is 5.91 Å². The number of nitrogens with one attached hydrogen (secondary N) is 1. The maximum Gasteiger partial charge on any atom is 0.341 e. The van der Waals surface area contributed by atoms with Crippen molar-refractivity contribution in [3.8, 4) is 16.9 Å². The number of rotatable bonds is 10. The number of amides is 1. The highest BCUT2D eigenvalue weighted by atomic mass is 32.1. The second-order valence-electron chi connectivity index (χ2n) is 8.93. The molecule has 0 spiro atoms. The van der Waals surface area contributed by atoms with E-state index in [9.17, 15) is 19.7 Å². The molecule has 0 saturated carbocycles. The second-order valence-corrected chi connectivity index (χ2v) is 10.2.